The predicted molar refractivity (Wildman–Crippen MR) is 123 cm³/mol. The fourth-order valence-electron chi connectivity index (χ4n) is 3.95. The molecule has 8 heteroatoms. The average Bonchev–Trinajstić information content (AvgIpc) is 2.71. The minimum atomic E-state index is -3.99. The Kier molecular flexibility index (Phi) is 5.88. The van der Waals surface area contributed by atoms with Gasteiger partial charge in [0, 0.05) is 15.9 Å². The molecule has 1 aliphatic carbocycles. The van der Waals surface area contributed by atoms with E-state index in [-0.39, 0.29) is 16.6 Å². The molecule has 6 nitrogen and oxygen atoms in total. The van der Waals surface area contributed by atoms with Crippen LogP contribution in [0.2, 0.25) is 0 Å². The molecule has 0 saturated heterocycles. The summed E-state index contributed by atoms with van der Waals surface area (Å²) in [6.07, 6.45) is 5.36. The molecule has 1 aliphatic rings. The highest BCUT2D eigenvalue weighted by atomic mass is 79.9. The summed E-state index contributed by atoms with van der Waals surface area (Å²) < 4.78 is 35.0. The molecule has 0 amide bonds. The number of benzene rings is 2. The number of sulfonamides is 1. The van der Waals surface area contributed by atoms with Crippen molar-refractivity contribution in [2.45, 2.75) is 50.0 Å². The Morgan fingerprint density at radius 3 is 2.50 bits per heavy atom. The molecule has 4 rings (SSSR count). The van der Waals surface area contributed by atoms with Crippen LogP contribution in [0.25, 0.3) is 11.0 Å². The lowest BCUT2D eigenvalue weighted by Gasteiger charge is -2.25. The Morgan fingerprint density at radius 1 is 1.03 bits per heavy atom. The molecule has 0 bridgehead atoms. The predicted octanol–water partition coefficient (Wildman–Crippen LogP) is 5.41. The summed E-state index contributed by atoms with van der Waals surface area (Å²) in [5.41, 5.74) is 0.673. The van der Waals surface area contributed by atoms with Crippen molar-refractivity contribution in [3.63, 3.8) is 0 Å². The van der Waals surface area contributed by atoms with E-state index in [1.54, 1.807) is 31.2 Å². The fourth-order valence-corrected chi connectivity index (χ4v) is 5.72. The minimum Gasteiger partial charge on any atom is -0.421 e. The van der Waals surface area contributed by atoms with Crippen molar-refractivity contribution in [2.24, 2.45) is 0 Å². The van der Waals surface area contributed by atoms with Crippen LogP contribution < -0.4 is 15.7 Å². The standard InChI is InChI=1S/C22H23BrN2O4S/c1-14-13-15(23)11-12-19(14)30(27,28)25-21-20(24-16-7-3-2-4-8-16)17-9-5-6-10-18(17)29-22(21)26/h5-6,9-13,16,24-25H,2-4,7-8H2,1H3. The Labute approximate surface area is 183 Å². The van der Waals surface area contributed by atoms with Crippen LogP contribution in [0, 0.1) is 6.92 Å². The molecule has 0 aliphatic heterocycles. The molecule has 1 aromatic heterocycles. The summed E-state index contributed by atoms with van der Waals surface area (Å²) >= 11 is 3.35. The van der Waals surface area contributed by atoms with Crippen LogP contribution in [-0.2, 0) is 10.0 Å². The smallest absolute Gasteiger partial charge is 0.363 e. The van der Waals surface area contributed by atoms with E-state index >= 15 is 0 Å². The van der Waals surface area contributed by atoms with Crippen molar-refractivity contribution in [2.75, 3.05) is 10.0 Å². The summed E-state index contributed by atoms with van der Waals surface area (Å²) in [6.45, 7) is 1.71. The number of halogens is 1. The van der Waals surface area contributed by atoms with Crippen molar-refractivity contribution >= 4 is 48.3 Å². The first kappa shape index (κ1) is 20.9. The summed E-state index contributed by atoms with van der Waals surface area (Å²) in [5.74, 6) is 0. The lowest BCUT2D eigenvalue weighted by Crippen LogP contribution is -2.26. The van der Waals surface area contributed by atoms with Gasteiger partial charge in [-0.05, 0) is 55.7 Å². The van der Waals surface area contributed by atoms with E-state index < -0.39 is 15.6 Å². The molecule has 30 heavy (non-hydrogen) atoms. The normalized spacial score (nSPS) is 15.3. The van der Waals surface area contributed by atoms with Crippen LogP contribution in [0.15, 0.2) is 61.0 Å². The van der Waals surface area contributed by atoms with Gasteiger partial charge in [0.2, 0.25) is 0 Å². The first-order valence-electron chi connectivity index (χ1n) is 9.96. The molecule has 0 atom stereocenters. The second-order valence-electron chi connectivity index (χ2n) is 7.63. The van der Waals surface area contributed by atoms with Crippen molar-refractivity contribution in [1.82, 2.24) is 0 Å². The Bertz CT molecular complexity index is 1250. The van der Waals surface area contributed by atoms with E-state index in [1.165, 1.54) is 12.5 Å². The molecule has 3 aromatic rings. The number of hydrogen-bond acceptors (Lipinski definition) is 5. The third kappa shape index (κ3) is 4.25. The van der Waals surface area contributed by atoms with Gasteiger partial charge in [0.05, 0.1) is 10.6 Å². The topological polar surface area (TPSA) is 88.4 Å². The average molecular weight is 491 g/mol. The zero-order valence-electron chi connectivity index (χ0n) is 16.6. The van der Waals surface area contributed by atoms with Gasteiger partial charge < -0.3 is 9.73 Å². The summed E-state index contributed by atoms with van der Waals surface area (Å²) in [4.78, 5) is 12.9. The molecule has 158 valence electrons. The molecular weight excluding hydrogens is 468 g/mol. The maximum Gasteiger partial charge on any atom is 0.363 e. The molecule has 0 radical (unpaired) electrons. The van der Waals surface area contributed by atoms with Crippen molar-refractivity contribution in [1.29, 1.82) is 0 Å². The number of hydrogen-bond donors (Lipinski definition) is 2. The number of rotatable bonds is 5. The molecule has 1 saturated carbocycles. The van der Waals surface area contributed by atoms with E-state index in [1.807, 2.05) is 12.1 Å². The molecule has 2 aromatic carbocycles. The van der Waals surface area contributed by atoms with Crippen LogP contribution in [-0.4, -0.2) is 14.5 Å². The third-order valence-corrected chi connectivity index (χ3v) is 7.43. The molecule has 0 unspecified atom stereocenters. The van der Waals surface area contributed by atoms with E-state index in [4.69, 9.17) is 4.42 Å². The second kappa shape index (κ2) is 8.43. The fraction of sp³-hybridized carbons (Fsp3) is 0.318. The first-order chi connectivity index (χ1) is 14.3. The quantitative estimate of drug-likeness (QED) is 0.466. The van der Waals surface area contributed by atoms with Gasteiger partial charge in [0.15, 0.2) is 5.69 Å². The highest BCUT2D eigenvalue weighted by molar-refractivity contribution is 9.10. The van der Waals surface area contributed by atoms with Crippen LogP contribution >= 0.6 is 15.9 Å². The monoisotopic (exact) mass is 490 g/mol. The van der Waals surface area contributed by atoms with Gasteiger partial charge in [0.1, 0.15) is 5.58 Å². The largest absolute Gasteiger partial charge is 0.421 e. The van der Waals surface area contributed by atoms with Crippen molar-refractivity contribution < 1.29 is 12.8 Å². The number of aryl methyl sites for hydroxylation is 1. The van der Waals surface area contributed by atoms with Crippen LogP contribution in [0.3, 0.4) is 0 Å². The SMILES string of the molecule is Cc1cc(Br)ccc1S(=O)(=O)Nc1c(NC2CCCCC2)c2ccccc2oc1=O. The molecule has 1 heterocycles. The van der Waals surface area contributed by atoms with Crippen LogP contribution in [0.5, 0.6) is 0 Å². The zero-order chi connectivity index (χ0) is 21.3. The second-order valence-corrected chi connectivity index (χ2v) is 10.2. The maximum atomic E-state index is 13.1. The van der Waals surface area contributed by atoms with Gasteiger partial charge >= 0.3 is 5.63 Å². The summed E-state index contributed by atoms with van der Waals surface area (Å²) in [7, 11) is -3.99. The van der Waals surface area contributed by atoms with Gasteiger partial charge in [0.25, 0.3) is 10.0 Å². The van der Waals surface area contributed by atoms with Crippen LogP contribution in [0.4, 0.5) is 11.4 Å². The van der Waals surface area contributed by atoms with Gasteiger partial charge in [-0.3, -0.25) is 4.72 Å². The first-order valence-corrected chi connectivity index (χ1v) is 12.2. The van der Waals surface area contributed by atoms with Gasteiger partial charge in [-0.1, -0.05) is 47.3 Å². The number of para-hydroxylation sites is 1. The molecular formula is C22H23BrN2O4S. The van der Waals surface area contributed by atoms with E-state index in [0.717, 1.165) is 30.2 Å². The van der Waals surface area contributed by atoms with E-state index in [9.17, 15) is 13.2 Å². The molecule has 0 spiro atoms. The van der Waals surface area contributed by atoms with Gasteiger partial charge in [-0.15, -0.1) is 0 Å². The number of nitrogens with one attached hydrogen (secondary N) is 2. The number of fused-ring (bicyclic) bond motifs is 1. The Balaban J connectivity index is 1.82. The summed E-state index contributed by atoms with van der Waals surface area (Å²) in [6, 6.07) is 12.2. The van der Waals surface area contributed by atoms with E-state index in [2.05, 4.69) is 26.0 Å². The minimum absolute atomic E-state index is 0.0819. The zero-order valence-corrected chi connectivity index (χ0v) is 19.0. The summed E-state index contributed by atoms with van der Waals surface area (Å²) in [5, 5.41) is 4.11. The van der Waals surface area contributed by atoms with Crippen LogP contribution in [0.1, 0.15) is 37.7 Å². The Hall–Kier alpha value is -2.32. The number of anilines is 2. The third-order valence-electron chi connectivity index (χ3n) is 5.43. The van der Waals surface area contributed by atoms with Gasteiger partial charge in [-0.2, -0.15) is 0 Å². The van der Waals surface area contributed by atoms with Gasteiger partial charge in [-0.25, -0.2) is 13.2 Å². The van der Waals surface area contributed by atoms with Crippen molar-refractivity contribution in [3.05, 3.63) is 62.9 Å². The molecule has 2 N–H and O–H groups in total. The lowest BCUT2D eigenvalue weighted by atomic mass is 9.95. The highest BCUT2D eigenvalue weighted by Gasteiger charge is 2.25. The maximum absolute atomic E-state index is 13.1. The van der Waals surface area contributed by atoms with Crippen molar-refractivity contribution in [3.8, 4) is 0 Å². The Morgan fingerprint density at radius 2 is 1.77 bits per heavy atom. The lowest BCUT2D eigenvalue weighted by molar-refractivity contribution is 0.462. The van der Waals surface area contributed by atoms with E-state index in [0.29, 0.717) is 22.2 Å². The highest BCUT2D eigenvalue weighted by Crippen LogP contribution is 2.33. The molecule has 1 fully saturated rings.